The third-order valence-electron chi connectivity index (χ3n) is 3.26. The molecule has 0 aliphatic heterocycles. The zero-order valence-electron chi connectivity index (χ0n) is 11.3. The SMILES string of the molecule is Cc1cccc(C)c1CNc1ccc([N+](=O)[O-])cc1Cl. The first-order valence-electron chi connectivity index (χ1n) is 6.22. The van der Waals surface area contributed by atoms with Crippen molar-refractivity contribution in [2.75, 3.05) is 5.32 Å². The molecule has 0 spiro atoms. The predicted octanol–water partition coefficient (Wildman–Crippen LogP) is 4.48. The highest BCUT2D eigenvalue weighted by molar-refractivity contribution is 6.33. The van der Waals surface area contributed by atoms with E-state index in [1.54, 1.807) is 6.07 Å². The van der Waals surface area contributed by atoms with E-state index in [1.165, 1.54) is 28.8 Å². The van der Waals surface area contributed by atoms with E-state index < -0.39 is 4.92 Å². The van der Waals surface area contributed by atoms with Crippen LogP contribution in [0.15, 0.2) is 36.4 Å². The molecule has 0 amide bonds. The van der Waals surface area contributed by atoms with Crippen molar-refractivity contribution < 1.29 is 4.92 Å². The van der Waals surface area contributed by atoms with Crippen LogP contribution < -0.4 is 5.32 Å². The molecule has 0 aromatic heterocycles. The molecule has 0 atom stereocenters. The molecule has 0 heterocycles. The highest BCUT2D eigenvalue weighted by Crippen LogP contribution is 2.27. The van der Waals surface area contributed by atoms with E-state index in [0.29, 0.717) is 17.3 Å². The molecule has 104 valence electrons. The number of anilines is 1. The van der Waals surface area contributed by atoms with Crippen molar-refractivity contribution in [3.05, 3.63) is 68.2 Å². The Morgan fingerprint density at radius 2 is 1.85 bits per heavy atom. The number of non-ortho nitro benzene ring substituents is 1. The average Bonchev–Trinajstić information content (AvgIpc) is 2.39. The van der Waals surface area contributed by atoms with Gasteiger partial charge in [0.15, 0.2) is 0 Å². The minimum Gasteiger partial charge on any atom is -0.380 e. The summed E-state index contributed by atoms with van der Waals surface area (Å²) in [6.45, 7) is 4.75. The molecule has 0 saturated carbocycles. The summed E-state index contributed by atoms with van der Waals surface area (Å²) in [6, 6.07) is 10.6. The monoisotopic (exact) mass is 290 g/mol. The van der Waals surface area contributed by atoms with E-state index in [1.807, 2.05) is 6.07 Å². The van der Waals surface area contributed by atoms with Crippen LogP contribution in [0.5, 0.6) is 0 Å². The van der Waals surface area contributed by atoms with E-state index in [2.05, 4.69) is 31.3 Å². The van der Waals surface area contributed by atoms with Crippen LogP contribution in [0, 0.1) is 24.0 Å². The lowest BCUT2D eigenvalue weighted by Gasteiger charge is -2.12. The maximum Gasteiger partial charge on any atom is 0.271 e. The van der Waals surface area contributed by atoms with Crippen molar-refractivity contribution in [2.24, 2.45) is 0 Å². The number of nitro groups is 1. The fourth-order valence-electron chi connectivity index (χ4n) is 2.07. The first-order chi connectivity index (χ1) is 9.49. The number of nitrogens with one attached hydrogen (secondary N) is 1. The molecule has 0 radical (unpaired) electrons. The van der Waals surface area contributed by atoms with E-state index in [-0.39, 0.29) is 5.69 Å². The summed E-state index contributed by atoms with van der Waals surface area (Å²) in [5.74, 6) is 0. The fourth-order valence-corrected chi connectivity index (χ4v) is 2.31. The lowest BCUT2D eigenvalue weighted by Crippen LogP contribution is -2.04. The smallest absolute Gasteiger partial charge is 0.271 e. The molecule has 0 saturated heterocycles. The topological polar surface area (TPSA) is 55.2 Å². The van der Waals surface area contributed by atoms with Crippen LogP contribution in [0.25, 0.3) is 0 Å². The second-order valence-electron chi connectivity index (χ2n) is 4.65. The van der Waals surface area contributed by atoms with Crippen molar-refractivity contribution in [1.29, 1.82) is 0 Å². The van der Waals surface area contributed by atoms with Gasteiger partial charge in [-0.25, -0.2) is 0 Å². The summed E-state index contributed by atoms with van der Waals surface area (Å²) >= 11 is 6.05. The van der Waals surface area contributed by atoms with E-state index in [9.17, 15) is 10.1 Å². The number of halogens is 1. The van der Waals surface area contributed by atoms with Crippen LogP contribution in [0.3, 0.4) is 0 Å². The Balaban J connectivity index is 2.17. The van der Waals surface area contributed by atoms with Gasteiger partial charge in [0.25, 0.3) is 5.69 Å². The standard InChI is InChI=1S/C15H15ClN2O2/c1-10-4-3-5-11(2)13(10)9-17-15-7-6-12(18(19)20)8-14(15)16/h3-8,17H,9H2,1-2H3. The molecule has 20 heavy (non-hydrogen) atoms. The van der Waals surface area contributed by atoms with Gasteiger partial charge in [-0.2, -0.15) is 0 Å². The maximum atomic E-state index is 10.7. The number of hydrogen-bond acceptors (Lipinski definition) is 3. The molecule has 0 aliphatic rings. The Hall–Kier alpha value is -2.07. The normalized spacial score (nSPS) is 10.3. The largest absolute Gasteiger partial charge is 0.380 e. The van der Waals surface area contributed by atoms with E-state index >= 15 is 0 Å². The molecule has 5 heteroatoms. The maximum absolute atomic E-state index is 10.7. The van der Waals surface area contributed by atoms with Crippen LogP contribution in [0.4, 0.5) is 11.4 Å². The van der Waals surface area contributed by atoms with Gasteiger partial charge in [0, 0.05) is 18.7 Å². The average molecular weight is 291 g/mol. The Bertz CT molecular complexity index is 636. The summed E-state index contributed by atoms with van der Waals surface area (Å²) in [5.41, 5.74) is 4.31. The minimum atomic E-state index is -0.457. The first-order valence-corrected chi connectivity index (χ1v) is 6.59. The molecular formula is C15H15ClN2O2. The summed E-state index contributed by atoms with van der Waals surface area (Å²) in [4.78, 5) is 10.2. The number of nitrogens with zero attached hydrogens (tertiary/aromatic N) is 1. The van der Waals surface area contributed by atoms with Gasteiger partial charge in [0.05, 0.1) is 15.6 Å². The van der Waals surface area contributed by atoms with Gasteiger partial charge in [-0.1, -0.05) is 29.8 Å². The zero-order chi connectivity index (χ0) is 14.7. The van der Waals surface area contributed by atoms with Crippen molar-refractivity contribution in [3.63, 3.8) is 0 Å². The lowest BCUT2D eigenvalue weighted by molar-refractivity contribution is -0.384. The molecule has 4 nitrogen and oxygen atoms in total. The highest BCUT2D eigenvalue weighted by atomic mass is 35.5. The minimum absolute atomic E-state index is 0.00683. The Labute approximate surface area is 122 Å². The number of aryl methyl sites for hydroxylation is 2. The summed E-state index contributed by atoms with van der Waals surface area (Å²) in [5, 5.41) is 14.2. The van der Waals surface area contributed by atoms with Crippen LogP contribution in [0.1, 0.15) is 16.7 Å². The quantitative estimate of drug-likeness (QED) is 0.667. The predicted molar refractivity (Wildman–Crippen MR) is 81.3 cm³/mol. The van der Waals surface area contributed by atoms with E-state index in [0.717, 1.165) is 0 Å². The molecule has 2 aromatic rings. The zero-order valence-corrected chi connectivity index (χ0v) is 12.1. The second kappa shape index (κ2) is 5.92. The van der Waals surface area contributed by atoms with Crippen molar-refractivity contribution >= 4 is 23.0 Å². The van der Waals surface area contributed by atoms with Gasteiger partial charge in [-0.05, 0) is 36.6 Å². The Morgan fingerprint density at radius 1 is 1.20 bits per heavy atom. The van der Waals surface area contributed by atoms with E-state index in [4.69, 9.17) is 11.6 Å². The van der Waals surface area contributed by atoms with Crippen LogP contribution in [-0.4, -0.2) is 4.92 Å². The first kappa shape index (κ1) is 14.3. The van der Waals surface area contributed by atoms with Crippen LogP contribution >= 0.6 is 11.6 Å². The molecule has 2 aromatic carbocycles. The molecule has 0 aliphatic carbocycles. The van der Waals surface area contributed by atoms with Crippen molar-refractivity contribution in [1.82, 2.24) is 0 Å². The molecule has 0 bridgehead atoms. The third-order valence-corrected chi connectivity index (χ3v) is 3.58. The molecular weight excluding hydrogens is 276 g/mol. The van der Waals surface area contributed by atoms with Gasteiger partial charge in [-0.15, -0.1) is 0 Å². The number of rotatable bonds is 4. The number of hydrogen-bond donors (Lipinski definition) is 1. The van der Waals surface area contributed by atoms with Gasteiger partial charge >= 0.3 is 0 Å². The van der Waals surface area contributed by atoms with Crippen LogP contribution in [-0.2, 0) is 6.54 Å². The molecule has 1 N–H and O–H groups in total. The Morgan fingerprint density at radius 3 is 2.40 bits per heavy atom. The lowest BCUT2D eigenvalue weighted by atomic mass is 10.0. The Kier molecular flexibility index (Phi) is 4.25. The summed E-state index contributed by atoms with van der Waals surface area (Å²) < 4.78 is 0. The van der Waals surface area contributed by atoms with Gasteiger partial charge in [-0.3, -0.25) is 10.1 Å². The fraction of sp³-hybridized carbons (Fsp3) is 0.200. The number of nitro benzene ring substituents is 1. The summed E-state index contributed by atoms with van der Waals surface area (Å²) in [7, 11) is 0. The van der Waals surface area contributed by atoms with Crippen molar-refractivity contribution in [2.45, 2.75) is 20.4 Å². The van der Waals surface area contributed by atoms with Gasteiger partial charge in [0.2, 0.25) is 0 Å². The summed E-state index contributed by atoms with van der Waals surface area (Å²) in [6.07, 6.45) is 0. The van der Waals surface area contributed by atoms with Crippen LogP contribution in [0.2, 0.25) is 5.02 Å². The number of benzene rings is 2. The van der Waals surface area contributed by atoms with Gasteiger partial charge in [0.1, 0.15) is 0 Å². The second-order valence-corrected chi connectivity index (χ2v) is 5.05. The van der Waals surface area contributed by atoms with Gasteiger partial charge < -0.3 is 5.32 Å². The molecule has 0 fully saturated rings. The van der Waals surface area contributed by atoms with Crippen molar-refractivity contribution in [3.8, 4) is 0 Å². The molecule has 0 unspecified atom stereocenters. The highest BCUT2D eigenvalue weighted by Gasteiger charge is 2.10. The third kappa shape index (κ3) is 3.08. The molecule has 2 rings (SSSR count).